The van der Waals surface area contributed by atoms with Gasteiger partial charge in [0.05, 0.1) is 9.26 Å². The fourth-order valence-electron chi connectivity index (χ4n) is 1.88. The van der Waals surface area contributed by atoms with E-state index in [1.165, 1.54) is 18.5 Å². The van der Waals surface area contributed by atoms with Crippen LogP contribution in [0.5, 0.6) is 0 Å². The lowest BCUT2D eigenvalue weighted by atomic mass is 10.2. The van der Waals surface area contributed by atoms with Crippen molar-refractivity contribution in [1.29, 1.82) is 0 Å². The van der Waals surface area contributed by atoms with Gasteiger partial charge in [0.25, 0.3) is 0 Å². The largest absolute Gasteiger partial charge is 0.372 e. The molecule has 2 heterocycles. The lowest BCUT2D eigenvalue weighted by Crippen LogP contribution is -2.04. The van der Waals surface area contributed by atoms with E-state index >= 15 is 0 Å². The first-order chi connectivity index (χ1) is 8.79. The third-order valence-electron chi connectivity index (χ3n) is 3.00. The van der Waals surface area contributed by atoms with Gasteiger partial charge >= 0.3 is 0 Å². The second kappa shape index (κ2) is 4.79. The van der Waals surface area contributed by atoms with Crippen molar-refractivity contribution in [2.24, 2.45) is 0 Å². The first kappa shape index (κ1) is 11.8. The summed E-state index contributed by atoms with van der Waals surface area (Å²) in [4.78, 5) is 13.4. The fraction of sp³-hybridized carbons (Fsp3) is 0.308. The van der Waals surface area contributed by atoms with E-state index in [0.717, 1.165) is 20.8 Å². The number of hydrogen-bond acceptors (Lipinski definition) is 4. The average molecular weight is 352 g/mol. The Morgan fingerprint density at radius 3 is 2.78 bits per heavy atom. The molecule has 1 saturated carbocycles. The van der Waals surface area contributed by atoms with Crippen molar-refractivity contribution in [3.05, 3.63) is 33.8 Å². The average Bonchev–Trinajstić information content (AvgIpc) is 3.24. The van der Waals surface area contributed by atoms with E-state index in [1.54, 1.807) is 12.4 Å². The van der Waals surface area contributed by atoms with Gasteiger partial charge in [0.1, 0.15) is 5.82 Å². The van der Waals surface area contributed by atoms with Gasteiger partial charge < -0.3 is 5.32 Å². The number of pyridine rings is 1. The highest BCUT2D eigenvalue weighted by atomic mass is 127. The Morgan fingerprint density at radius 1 is 1.33 bits per heavy atom. The summed E-state index contributed by atoms with van der Waals surface area (Å²) >= 11 is 2.33. The monoisotopic (exact) mass is 352 g/mol. The molecule has 5 heteroatoms. The molecular weight excluding hydrogens is 339 g/mol. The number of anilines is 1. The number of nitrogens with one attached hydrogen (secondary N) is 1. The smallest absolute Gasteiger partial charge is 0.163 e. The minimum absolute atomic E-state index is 0.613. The third-order valence-corrected chi connectivity index (χ3v) is 4.06. The topological polar surface area (TPSA) is 50.7 Å². The molecule has 0 unspecified atom stereocenters. The molecule has 0 spiro atoms. The van der Waals surface area contributed by atoms with Crippen LogP contribution in [-0.4, -0.2) is 22.0 Å². The van der Waals surface area contributed by atoms with Crippen molar-refractivity contribution in [1.82, 2.24) is 15.0 Å². The molecule has 2 aromatic heterocycles. The van der Waals surface area contributed by atoms with Gasteiger partial charge in [0, 0.05) is 30.9 Å². The molecule has 92 valence electrons. The zero-order valence-corrected chi connectivity index (χ0v) is 12.2. The van der Waals surface area contributed by atoms with Gasteiger partial charge in [-0.2, -0.15) is 0 Å². The normalized spacial score (nSPS) is 14.6. The molecule has 1 aliphatic rings. The SMILES string of the molecule is CNc1nc(-c2cccnc2)nc(C2CC2)c1I. The quantitative estimate of drug-likeness (QED) is 0.863. The van der Waals surface area contributed by atoms with Crippen LogP contribution in [-0.2, 0) is 0 Å². The molecule has 0 radical (unpaired) electrons. The Hall–Kier alpha value is -1.24. The summed E-state index contributed by atoms with van der Waals surface area (Å²) in [6.45, 7) is 0. The standard InChI is InChI=1S/C13H13IN4/c1-15-13-10(14)11(8-4-5-8)17-12(18-13)9-3-2-6-16-7-9/h2-3,6-8H,4-5H2,1H3,(H,15,17,18). The molecule has 18 heavy (non-hydrogen) atoms. The molecule has 0 saturated heterocycles. The summed E-state index contributed by atoms with van der Waals surface area (Å²) in [6, 6.07) is 3.90. The van der Waals surface area contributed by atoms with Gasteiger partial charge in [-0.25, -0.2) is 9.97 Å². The van der Waals surface area contributed by atoms with Gasteiger partial charge in [-0.05, 0) is 47.6 Å². The van der Waals surface area contributed by atoms with Crippen LogP contribution in [0.1, 0.15) is 24.5 Å². The number of aromatic nitrogens is 3. The van der Waals surface area contributed by atoms with E-state index in [9.17, 15) is 0 Å². The van der Waals surface area contributed by atoms with Crippen molar-refractivity contribution in [3.63, 3.8) is 0 Å². The molecule has 1 fully saturated rings. The Balaban J connectivity index is 2.13. The van der Waals surface area contributed by atoms with Crippen LogP contribution >= 0.6 is 22.6 Å². The van der Waals surface area contributed by atoms with Crippen LogP contribution in [0.4, 0.5) is 5.82 Å². The van der Waals surface area contributed by atoms with Crippen LogP contribution in [0.2, 0.25) is 0 Å². The van der Waals surface area contributed by atoms with Gasteiger partial charge in [-0.1, -0.05) is 0 Å². The van der Waals surface area contributed by atoms with E-state index in [2.05, 4.69) is 37.9 Å². The second-order valence-corrected chi connectivity index (χ2v) is 5.44. The highest BCUT2D eigenvalue weighted by Gasteiger charge is 2.29. The van der Waals surface area contributed by atoms with E-state index < -0.39 is 0 Å². The summed E-state index contributed by atoms with van der Waals surface area (Å²) in [5.41, 5.74) is 2.14. The highest BCUT2D eigenvalue weighted by molar-refractivity contribution is 14.1. The number of rotatable bonds is 3. The fourth-order valence-corrected chi connectivity index (χ4v) is 2.83. The molecule has 0 bridgehead atoms. The third kappa shape index (κ3) is 2.19. The van der Waals surface area contributed by atoms with Gasteiger partial charge in [-0.3, -0.25) is 4.98 Å². The molecule has 1 aliphatic carbocycles. The molecule has 0 atom stereocenters. The van der Waals surface area contributed by atoms with E-state index in [-0.39, 0.29) is 0 Å². The van der Waals surface area contributed by atoms with E-state index in [1.807, 2.05) is 19.2 Å². The van der Waals surface area contributed by atoms with Crippen LogP contribution in [0.25, 0.3) is 11.4 Å². The van der Waals surface area contributed by atoms with Crippen molar-refractivity contribution in [2.75, 3.05) is 12.4 Å². The van der Waals surface area contributed by atoms with Crippen LogP contribution in [0, 0.1) is 3.57 Å². The van der Waals surface area contributed by atoms with Crippen molar-refractivity contribution < 1.29 is 0 Å². The molecule has 0 aromatic carbocycles. The van der Waals surface area contributed by atoms with Gasteiger partial charge in [0.2, 0.25) is 0 Å². The first-order valence-corrected chi connectivity index (χ1v) is 7.03. The van der Waals surface area contributed by atoms with Crippen molar-refractivity contribution in [2.45, 2.75) is 18.8 Å². The number of hydrogen-bond donors (Lipinski definition) is 1. The molecule has 2 aromatic rings. The maximum Gasteiger partial charge on any atom is 0.163 e. The van der Waals surface area contributed by atoms with Crippen LogP contribution in [0.15, 0.2) is 24.5 Å². The van der Waals surface area contributed by atoms with E-state index in [4.69, 9.17) is 4.98 Å². The summed E-state index contributed by atoms with van der Waals surface area (Å²) in [6.07, 6.45) is 6.04. The predicted octanol–water partition coefficient (Wildman–Crippen LogP) is 3.06. The highest BCUT2D eigenvalue weighted by Crippen LogP contribution is 2.42. The van der Waals surface area contributed by atoms with E-state index in [0.29, 0.717) is 5.92 Å². The van der Waals surface area contributed by atoms with Crippen LogP contribution in [0.3, 0.4) is 0 Å². The molecule has 1 N–H and O–H groups in total. The minimum atomic E-state index is 0.613. The molecule has 0 aliphatic heterocycles. The Bertz CT molecular complexity index is 567. The zero-order chi connectivity index (χ0) is 12.5. The van der Waals surface area contributed by atoms with Crippen molar-refractivity contribution >= 4 is 28.4 Å². The van der Waals surface area contributed by atoms with Crippen LogP contribution < -0.4 is 5.32 Å². The summed E-state index contributed by atoms with van der Waals surface area (Å²) in [5.74, 6) is 2.28. The minimum Gasteiger partial charge on any atom is -0.372 e. The Kier molecular flexibility index (Phi) is 3.15. The van der Waals surface area contributed by atoms with Crippen molar-refractivity contribution in [3.8, 4) is 11.4 Å². The number of nitrogens with zero attached hydrogens (tertiary/aromatic N) is 3. The maximum atomic E-state index is 4.71. The Labute approximate surface area is 119 Å². The maximum absolute atomic E-state index is 4.71. The van der Waals surface area contributed by atoms with Gasteiger partial charge in [0.15, 0.2) is 5.82 Å². The molecule has 4 nitrogen and oxygen atoms in total. The summed E-state index contributed by atoms with van der Waals surface area (Å²) < 4.78 is 1.14. The lowest BCUT2D eigenvalue weighted by molar-refractivity contribution is 0.977. The predicted molar refractivity (Wildman–Crippen MR) is 79.5 cm³/mol. The number of halogens is 1. The zero-order valence-electron chi connectivity index (χ0n) is 10.0. The molecular formula is C13H13IN4. The second-order valence-electron chi connectivity index (χ2n) is 4.36. The summed E-state index contributed by atoms with van der Waals surface area (Å²) in [7, 11) is 1.90. The first-order valence-electron chi connectivity index (χ1n) is 5.95. The molecule has 3 rings (SSSR count). The lowest BCUT2D eigenvalue weighted by Gasteiger charge is -2.10. The molecule has 0 amide bonds. The van der Waals surface area contributed by atoms with Gasteiger partial charge in [-0.15, -0.1) is 0 Å². The Morgan fingerprint density at radius 2 is 2.17 bits per heavy atom. The summed E-state index contributed by atoms with van der Waals surface area (Å²) in [5, 5.41) is 3.15.